The van der Waals surface area contributed by atoms with Crippen LogP contribution in [-0.2, 0) is 9.84 Å². The van der Waals surface area contributed by atoms with Crippen LogP contribution in [0.1, 0.15) is 28.3 Å². The summed E-state index contributed by atoms with van der Waals surface area (Å²) in [6.07, 6.45) is 0.484. The first-order chi connectivity index (χ1) is 10.3. The molecule has 0 spiro atoms. The average Bonchev–Trinajstić information content (AvgIpc) is 2.99. The van der Waals surface area contributed by atoms with Crippen LogP contribution in [0.25, 0.3) is 5.65 Å². The van der Waals surface area contributed by atoms with Crippen molar-refractivity contribution >= 4 is 21.4 Å². The van der Waals surface area contributed by atoms with Gasteiger partial charge in [-0.15, -0.1) is 0 Å². The lowest BCUT2D eigenvalue weighted by atomic mass is 10.2. The molecular weight excluding hydrogens is 304 g/mol. The van der Waals surface area contributed by atoms with E-state index < -0.39 is 9.84 Å². The second-order valence-corrected chi connectivity index (χ2v) is 8.04. The van der Waals surface area contributed by atoms with Gasteiger partial charge in [0.05, 0.1) is 17.2 Å². The highest BCUT2D eigenvalue weighted by Gasteiger charge is 2.33. The Morgan fingerprint density at radius 3 is 2.73 bits per heavy atom. The lowest BCUT2D eigenvalue weighted by molar-refractivity contribution is 0.0742. The number of sulfone groups is 1. The molecule has 1 saturated heterocycles. The molecule has 1 unspecified atom stereocenters. The van der Waals surface area contributed by atoms with Gasteiger partial charge in [-0.2, -0.15) is 5.10 Å². The Morgan fingerprint density at radius 1 is 1.36 bits per heavy atom. The van der Waals surface area contributed by atoms with Gasteiger partial charge in [-0.1, -0.05) is 0 Å². The molecule has 0 aromatic carbocycles. The molecule has 3 rings (SSSR count). The summed E-state index contributed by atoms with van der Waals surface area (Å²) in [5, 5.41) is 4.30. The minimum atomic E-state index is -3.02. The molecule has 118 valence electrons. The van der Waals surface area contributed by atoms with E-state index in [1.165, 1.54) is 4.90 Å². The average molecular weight is 322 g/mol. The van der Waals surface area contributed by atoms with E-state index >= 15 is 0 Å². The number of aryl methyl sites for hydroxylation is 2. The van der Waals surface area contributed by atoms with Crippen molar-refractivity contribution in [3.8, 4) is 0 Å². The van der Waals surface area contributed by atoms with E-state index in [1.54, 1.807) is 17.6 Å². The quantitative estimate of drug-likeness (QED) is 0.808. The number of hydrogen-bond acceptors (Lipinski definition) is 5. The number of carbonyl (C=O) groups excluding carboxylic acids is 1. The van der Waals surface area contributed by atoms with Crippen LogP contribution in [0.5, 0.6) is 0 Å². The van der Waals surface area contributed by atoms with E-state index in [9.17, 15) is 13.2 Å². The van der Waals surface area contributed by atoms with Crippen molar-refractivity contribution in [2.45, 2.75) is 26.3 Å². The Labute approximate surface area is 128 Å². The molecule has 1 amide bonds. The molecule has 0 bridgehead atoms. The lowest BCUT2D eigenvalue weighted by Crippen LogP contribution is -2.38. The first kappa shape index (κ1) is 15.0. The van der Waals surface area contributed by atoms with Gasteiger partial charge in [0.25, 0.3) is 5.91 Å². The molecule has 0 N–H and O–H groups in total. The van der Waals surface area contributed by atoms with Crippen LogP contribution in [0, 0.1) is 13.8 Å². The maximum absolute atomic E-state index is 12.6. The van der Waals surface area contributed by atoms with Crippen LogP contribution >= 0.6 is 0 Å². The predicted octanol–water partition coefficient (Wildman–Crippen LogP) is 0.605. The molecule has 3 heterocycles. The smallest absolute Gasteiger partial charge is 0.272 e. The molecule has 0 saturated carbocycles. The van der Waals surface area contributed by atoms with E-state index in [1.807, 2.05) is 19.9 Å². The standard InChI is InChI=1S/C14H18N4O3S/c1-9-6-13-15-12(7-10(2)18(13)16-9)14(19)17(3)11-4-5-22(20,21)8-11/h6-7,11H,4-5,8H2,1-3H3. The van der Waals surface area contributed by atoms with Crippen molar-refractivity contribution < 1.29 is 13.2 Å². The largest absolute Gasteiger partial charge is 0.336 e. The molecule has 1 fully saturated rings. The van der Waals surface area contributed by atoms with Crippen molar-refractivity contribution in [1.82, 2.24) is 19.5 Å². The maximum atomic E-state index is 12.6. The zero-order chi connectivity index (χ0) is 16.1. The van der Waals surface area contributed by atoms with E-state index in [0.29, 0.717) is 17.8 Å². The zero-order valence-corrected chi connectivity index (χ0v) is 13.6. The Hall–Kier alpha value is -1.96. The van der Waals surface area contributed by atoms with Gasteiger partial charge in [0.2, 0.25) is 0 Å². The monoisotopic (exact) mass is 322 g/mol. The normalized spacial score (nSPS) is 20.4. The number of rotatable bonds is 2. The van der Waals surface area contributed by atoms with Crippen LogP contribution in [0.2, 0.25) is 0 Å². The van der Waals surface area contributed by atoms with Crippen LogP contribution in [0.15, 0.2) is 12.1 Å². The molecule has 1 atom stereocenters. The highest BCUT2D eigenvalue weighted by atomic mass is 32.2. The van der Waals surface area contributed by atoms with Crippen molar-refractivity contribution in [3.63, 3.8) is 0 Å². The lowest BCUT2D eigenvalue weighted by Gasteiger charge is -2.23. The van der Waals surface area contributed by atoms with E-state index in [-0.39, 0.29) is 23.5 Å². The molecule has 2 aromatic heterocycles. The predicted molar refractivity (Wildman–Crippen MR) is 81.6 cm³/mol. The first-order valence-electron chi connectivity index (χ1n) is 7.08. The van der Waals surface area contributed by atoms with Crippen molar-refractivity contribution in [2.24, 2.45) is 0 Å². The van der Waals surface area contributed by atoms with Crippen LogP contribution in [0.3, 0.4) is 0 Å². The number of aromatic nitrogens is 3. The van der Waals surface area contributed by atoms with E-state index in [4.69, 9.17) is 0 Å². The summed E-state index contributed by atoms with van der Waals surface area (Å²) in [4.78, 5) is 18.4. The summed E-state index contributed by atoms with van der Waals surface area (Å²) in [7, 11) is -1.39. The van der Waals surface area contributed by atoms with Crippen molar-refractivity contribution in [1.29, 1.82) is 0 Å². The minimum absolute atomic E-state index is 0.0300. The molecule has 1 aliphatic rings. The van der Waals surface area contributed by atoms with Crippen LogP contribution in [-0.4, -0.2) is 58.4 Å². The second kappa shape index (κ2) is 5.05. The summed E-state index contributed by atoms with van der Waals surface area (Å²) >= 11 is 0. The Morgan fingerprint density at radius 2 is 2.09 bits per heavy atom. The van der Waals surface area contributed by atoms with E-state index in [2.05, 4.69) is 10.1 Å². The van der Waals surface area contributed by atoms with Gasteiger partial charge in [0.15, 0.2) is 15.5 Å². The number of fused-ring (bicyclic) bond motifs is 1. The van der Waals surface area contributed by atoms with Gasteiger partial charge in [0.1, 0.15) is 5.69 Å². The summed E-state index contributed by atoms with van der Waals surface area (Å²) in [5.74, 6) is -0.0863. The van der Waals surface area contributed by atoms with Crippen molar-refractivity contribution in [2.75, 3.05) is 18.6 Å². The zero-order valence-electron chi connectivity index (χ0n) is 12.8. The van der Waals surface area contributed by atoms with Gasteiger partial charge in [-0.3, -0.25) is 4.79 Å². The number of nitrogens with zero attached hydrogens (tertiary/aromatic N) is 4. The molecule has 8 heteroatoms. The summed E-state index contributed by atoms with van der Waals surface area (Å²) < 4.78 is 24.8. The molecule has 1 aliphatic heterocycles. The van der Waals surface area contributed by atoms with Gasteiger partial charge >= 0.3 is 0 Å². The highest BCUT2D eigenvalue weighted by Crippen LogP contribution is 2.19. The third-order valence-corrected chi connectivity index (χ3v) is 5.77. The molecule has 22 heavy (non-hydrogen) atoms. The van der Waals surface area contributed by atoms with Gasteiger partial charge in [-0.05, 0) is 26.3 Å². The Bertz CT molecular complexity index is 856. The fourth-order valence-corrected chi connectivity index (χ4v) is 4.55. The first-order valence-corrected chi connectivity index (χ1v) is 8.90. The second-order valence-electron chi connectivity index (χ2n) is 5.81. The van der Waals surface area contributed by atoms with Crippen molar-refractivity contribution in [3.05, 3.63) is 29.2 Å². The van der Waals surface area contributed by atoms with Gasteiger partial charge in [0, 0.05) is 24.8 Å². The fourth-order valence-electron chi connectivity index (χ4n) is 2.78. The molecule has 0 aliphatic carbocycles. The minimum Gasteiger partial charge on any atom is -0.336 e. The topological polar surface area (TPSA) is 84.6 Å². The summed E-state index contributed by atoms with van der Waals surface area (Å²) in [6, 6.07) is 3.22. The SMILES string of the molecule is Cc1cc2nc(C(=O)N(C)C3CCS(=O)(=O)C3)cc(C)n2n1. The molecule has 0 radical (unpaired) electrons. The Balaban J connectivity index is 1.91. The maximum Gasteiger partial charge on any atom is 0.272 e. The Kier molecular flexibility index (Phi) is 3.43. The molecule has 7 nitrogen and oxygen atoms in total. The van der Waals surface area contributed by atoms with E-state index in [0.717, 1.165) is 11.4 Å². The number of carbonyl (C=O) groups is 1. The fraction of sp³-hybridized carbons (Fsp3) is 0.500. The third kappa shape index (κ3) is 2.58. The van der Waals surface area contributed by atoms with Crippen LogP contribution < -0.4 is 0 Å². The van der Waals surface area contributed by atoms with Crippen LogP contribution in [0.4, 0.5) is 0 Å². The number of amides is 1. The third-order valence-electron chi connectivity index (χ3n) is 4.02. The van der Waals surface area contributed by atoms with Gasteiger partial charge < -0.3 is 4.90 Å². The molecule has 2 aromatic rings. The van der Waals surface area contributed by atoms with Gasteiger partial charge in [-0.25, -0.2) is 17.9 Å². The summed E-state index contributed by atoms with van der Waals surface area (Å²) in [6.45, 7) is 3.73. The number of hydrogen-bond donors (Lipinski definition) is 0. The molecular formula is C14H18N4O3S. The highest BCUT2D eigenvalue weighted by molar-refractivity contribution is 7.91. The summed E-state index contributed by atoms with van der Waals surface area (Å²) in [5.41, 5.74) is 2.58.